The number of carbonyl (C=O) groups is 1. The SMILES string of the molecule is N#Cc1cnn2c(=O)[nH]c(SCC(=O)Nc3ccc(OC(F)F)c(Cl)c3)nc12. The number of nitriles is 1. The van der Waals surface area contributed by atoms with Crippen LogP contribution in [0.5, 0.6) is 5.75 Å². The molecule has 2 heterocycles. The highest BCUT2D eigenvalue weighted by Crippen LogP contribution is 2.29. The summed E-state index contributed by atoms with van der Waals surface area (Å²) >= 11 is 6.75. The molecule has 28 heavy (non-hydrogen) atoms. The van der Waals surface area contributed by atoms with Crippen molar-refractivity contribution >= 4 is 40.6 Å². The number of aromatic amines is 1. The van der Waals surface area contributed by atoms with Crippen LogP contribution in [0.15, 0.2) is 34.3 Å². The molecule has 0 spiro atoms. The molecule has 1 amide bonds. The number of nitrogens with one attached hydrogen (secondary N) is 2. The van der Waals surface area contributed by atoms with Crippen LogP contribution in [-0.4, -0.2) is 37.9 Å². The number of halogens is 3. The van der Waals surface area contributed by atoms with E-state index in [9.17, 15) is 18.4 Å². The van der Waals surface area contributed by atoms with Crippen molar-refractivity contribution in [2.75, 3.05) is 11.1 Å². The second kappa shape index (κ2) is 8.24. The van der Waals surface area contributed by atoms with E-state index in [1.807, 2.05) is 6.07 Å². The van der Waals surface area contributed by atoms with E-state index in [1.165, 1.54) is 24.4 Å². The number of anilines is 1. The molecule has 1 aromatic carbocycles. The summed E-state index contributed by atoms with van der Waals surface area (Å²) in [5.41, 5.74) is -0.124. The van der Waals surface area contributed by atoms with Gasteiger partial charge in [0.1, 0.15) is 17.4 Å². The number of nitrogens with zero attached hydrogens (tertiary/aromatic N) is 4. The van der Waals surface area contributed by atoms with Crippen molar-refractivity contribution in [1.82, 2.24) is 19.6 Å². The van der Waals surface area contributed by atoms with Crippen molar-refractivity contribution in [2.45, 2.75) is 11.8 Å². The Balaban J connectivity index is 1.66. The zero-order valence-corrected chi connectivity index (χ0v) is 15.2. The van der Waals surface area contributed by atoms with Crippen LogP contribution in [0, 0.1) is 11.3 Å². The molecule has 3 aromatic rings. The Bertz CT molecular complexity index is 1140. The van der Waals surface area contributed by atoms with E-state index in [0.717, 1.165) is 16.3 Å². The number of benzene rings is 1. The Kier molecular flexibility index (Phi) is 5.76. The summed E-state index contributed by atoms with van der Waals surface area (Å²) in [4.78, 5) is 30.5. The van der Waals surface area contributed by atoms with Gasteiger partial charge in [0.2, 0.25) is 5.91 Å². The molecular formula is C15H9ClF2N6O3S. The minimum Gasteiger partial charge on any atom is -0.433 e. The maximum atomic E-state index is 12.2. The smallest absolute Gasteiger partial charge is 0.387 e. The molecule has 0 saturated heterocycles. The predicted octanol–water partition coefficient (Wildman–Crippen LogP) is 2.27. The Morgan fingerprint density at radius 1 is 1.50 bits per heavy atom. The number of thioether (sulfide) groups is 1. The van der Waals surface area contributed by atoms with Crippen LogP contribution < -0.4 is 15.7 Å². The van der Waals surface area contributed by atoms with Crippen molar-refractivity contribution in [3.8, 4) is 11.8 Å². The summed E-state index contributed by atoms with van der Waals surface area (Å²) in [6, 6.07) is 5.68. The lowest BCUT2D eigenvalue weighted by Crippen LogP contribution is -2.20. The van der Waals surface area contributed by atoms with Gasteiger partial charge in [-0.05, 0) is 18.2 Å². The normalized spacial score (nSPS) is 10.8. The Morgan fingerprint density at radius 2 is 2.29 bits per heavy atom. The number of carbonyl (C=O) groups excluding carboxylic acids is 1. The van der Waals surface area contributed by atoms with Gasteiger partial charge in [0.05, 0.1) is 17.0 Å². The fourth-order valence-electron chi connectivity index (χ4n) is 2.12. The largest absolute Gasteiger partial charge is 0.433 e. The number of fused-ring (bicyclic) bond motifs is 1. The van der Waals surface area contributed by atoms with Gasteiger partial charge in [-0.15, -0.1) is 0 Å². The Hall–Kier alpha value is -3.17. The van der Waals surface area contributed by atoms with Gasteiger partial charge >= 0.3 is 12.3 Å². The summed E-state index contributed by atoms with van der Waals surface area (Å²) in [5.74, 6) is -0.796. The topological polar surface area (TPSA) is 125 Å². The second-order valence-electron chi connectivity index (χ2n) is 5.11. The monoisotopic (exact) mass is 426 g/mol. The maximum Gasteiger partial charge on any atom is 0.387 e. The van der Waals surface area contributed by atoms with E-state index in [0.29, 0.717) is 0 Å². The minimum atomic E-state index is -3.02. The third-order valence-electron chi connectivity index (χ3n) is 3.25. The van der Waals surface area contributed by atoms with Crippen LogP contribution in [0.25, 0.3) is 5.65 Å². The summed E-state index contributed by atoms with van der Waals surface area (Å²) < 4.78 is 29.6. The predicted molar refractivity (Wildman–Crippen MR) is 95.8 cm³/mol. The molecule has 9 nitrogen and oxygen atoms in total. The standard InChI is InChI=1S/C15H9ClF2N6O3S/c16-9-3-8(1-2-10(9)27-13(17)18)21-11(25)6-28-14-22-12-7(4-19)5-20-24(12)15(26)23-14/h1-3,5,13H,6H2,(H,21,25)(H,22,23,26). The highest BCUT2D eigenvalue weighted by Gasteiger charge is 2.13. The minimum absolute atomic E-state index is 0.0792. The molecule has 0 atom stereocenters. The van der Waals surface area contributed by atoms with Gasteiger partial charge in [-0.25, -0.2) is 9.78 Å². The van der Waals surface area contributed by atoms with Crippen LogP contribution in [0.3, 0.4) is 0 Å². The van der Waals surface area contributed by atoms with Crippen molar-refractivity contribution in [2.24, 2.45) is 0 Å². The Morgan fingerprint density at radius 3 is 2.96 bits per heavy atom. The number of ether oxygens (including phenoxy) is 1. The molecule has 0 unspecified atom stereocenters. The third-order valence-corrected chi connectivity index (χ3v) is 4.42. The zero-order valence-electron chi connectivity index (χ0n) is 13.6. The molecule has 3 rings (SSSR count). The molecule has 0 saturated carbocycles. The van der Waals surface area contributed by atoms with Crippen LogP contribution in [0.2, 0.25) is 5.02 Å². The number of amides is 1. The first-order chi connectivity index (χ1) is 13.4. The van der Waals surface area contributed by atoms with Gasteiger partial charge in [0, 0.05) is 5.69 Å². The van der Waals surface area contributed by atoms with E-state index < -0.39 is 18.2 Å². The van der Waals surface area contributed by atoms with Gasteiger partial charge in [-0.3, -0.25) is 9.78 Å². The average Bonchev–Trinajstić information content (AvgIpc) is 3.05. The molecular weight excluding hydrogens is 418 g/mol. The number of aromatic nitrogens is 4. The average molecular weight is 427 g/mol. The molecule has 2 aromatic heterocycles. The summed E-state index contributed by atoms with van der Waals surface area (Å²) in [5, 5.41) is 15.3. The maximum absolute atomic E-state index is 12.2. The van der Waals surface area contributed by atoms with E-state index in [4.69, 9.17) is 16.9 Å². The lowest BCUT2D eigenvalue weighted by Gasteiger charge is -2.09. The number of H-pyrrole nitrogens is 1. The van der Waals surface area contributed by atoms with Gasteiger partial charge in [-0.2, -0.15) is 23.7 Å². The van der Waals surface area contributed by atoms with E-state index >= 15 is 0 Å². The number of hydrogen-bond donors (Lipinski definition) is 2. The van der Waals surface area contributed by atoms with Crippen molar-refractivity contribution in [3.63, 3.8) is 0 Å². The van der Waals surface area contributed by atoms with E-state index in [1.54, 1.807) is 0 Å². The first-order valence-corrected chi connectivity index (χ1v) is 8.79. The highest BCUT2D eigenvalue weighted by atomic mass is 35.5. The van der Waals surface area contributed by atoms with Gasteiger partial charge in [0.15, 0.2) is 10.8 Å². The Labute approximate surface area is 164 Å². The first kappa shape index (κ1) is 19.6. The highest BCUT2D eigenvalue weighted by molar-refractivity contribution is 7.99. The van der Waals surface area contributed by atoms with Crippen LogP contribution in [0.4, 0.5) is 14.5 Å². The van der Waals surface area contributed by atoms with Crippen LogP contribution >= 0.6 is 23.4 Å². The first-order valence-electron chi connectivity index (χ1n) is 7.42. The van der Waals surface area contributed by atoms with Gasteiger partial charge < -0.3 is 10.1 Å². The van der Waals surface area contributed by atoms with Gasteiger partial charge in [-0.1, -0.05) is 23.4 Å². The van der Waals surface area contributed by atoms with Crippen LogP contribution in [0.1, 0.15) is 5.56 Å². The fraction of sp³-hybridized carbons (Fsp3) is 0.133. The van der Waals surface area contributed by atoms with Crippen molar-refractivity contribution in [1.29, 1.82) is 5.26 Å². The third kappa shape index (κ3) is 4.38. The van der Waals surface area contributed by atoms with E-state index in [2.05, 4.69) is 25.1 Å². The zero-order chi connectivity index (χ0) is 20.3. The molecule has 13 heteroatoms. The van der Waals surface area contributed by atoms with Crippen molar-refractivity contribution in [3.05, 3.63) is 45.5 Å². The lowest BCUT2D eigenvalue weighted by molar-refractivity contribution is -0.113. The number of alkyl halides is 2. The molecule has 0 fully saturated rings. The fourth-order valence-corrected chi connectivity index (χ4v) is 2.99. The van der Waals surface area contributed by atoms with Gasteiger partial charge in [0.25, 0.3) is 0 Å². The molecule has 0 bridgehead atoms. The van der Waals surface area contributed by atoms with Crippen molar-refractivity contribution < 1.29 is 18.3 Å². The number of hydrogen-bond acceptors (Lipinski definition) is 7. The molecule has 0 aliphatic rings. The quantitative estimate of drug-likeness (QED) is 0.579. The second-order valence-corrected chi connectivity index (χ2v) is 6.48. The molecule has 0 aliphatic heterocycles. The van der Waals surface area contributed by atoms with Crippen LogP contribution in [-0.2, 0) is 4.79 Å². The van der Waals surface area contributed by atoms with E-state index in [-0.39, 0.29) is 38.6 Å². The lowest BCUT2D eigenvalue weighted by atomic mass is 10.3. The molecule has 0 radical (unpaired) electrons. The molecule has 2 N–H and O–H groups in total. The molecule has 144 valence electrons. The summed E-state index contributed by atoms with van der Waals surface area (Å²) in [6.45, 7) is -3.02. The number of rotatable bonds is 6. The summed E-state index contributed by atoms with van der Waals surface area (Å²) in [6.07, 6.45) is 1.21. The molecule has 0 aliphatic carbocycles. The summed E-state index contributed by atoms with van der Waals surface area (Å²) in [7, 11) is 0.